The van der Waals surface area contributed by atoms with E-state index < -0.39 is 5.60 Å². The van der Waals surface area contributed by atoms with E-state index in [4.69, 9.17) is 4.74 Å². The fourth-order valence-electron chi connectivity index (χ4n) is 2.72. The van der Waals surface area contributed by atoms with E-state index in [0.29, 0.717) is 13.1 Å². The van der Waals surface area contributed by atoms with Crippen molar-refractivity contribution in [1.82, 2.24) is 4.90 Å². The van der Waals surface area contributed by atoms with Gasteiger partial charge in [0.15, 0.2) is 6.61 Å². The SMILES string of the molecule is CCCC1(O)CN(C(=O)COc2cc(C)cc(C)c2)C1. The molecular weight excluding hydrogens is 254 g/mol. The molecule has 0 spiro atoms. The molecule has 110 valence electrons. The predicted octanol–water partition coefficient (Wildman–Crippen LogP) is 2.06. The fourth-order valence-corrected chi connectivity index (χ4v) is 2.72. The Kier molecular flexibility index (Phi) is 4.33. The molecule has 2 rings (SSSR count). The van der Waals surface area contributed by atoms with Gasteiger partial charge in [0.05, 0.1) is 18.7 Å². The van der Waals surface area contributed by atoms with Gasteiger partial charge >= 0.3 is 0 Å². The molecule has 0 aromatic heterocycles. The van der Waals surface area contributed by atoms with Gasteiger partial charge in [-0.05, 0) is 43.5 Å². The molecule has 20 heavy (non-hydrogen) atoms. The molecule has 4 nitrogen and oxygen atoms in total. The molecule has 0 aliphatic carbocycles. The van der Waals surface area contributed by atoms with E-state index in [1.165, 1.54) is 0 Å². The number of carbonyl (C=O) groups excluding carboxylic acids is 1. The maximum Gasteiger partial charge on any atom is 0.260 e. The second-order valence-electron chi connectivity index (χ2n) is 5.84. The van der Waals surface area contributed by atoms with E-state index in [1.807, 2.05) is 32.9 Å². The lowest BCUT2D eigenvalue weighted by atomic mass is 9.89. The Morgan fingerprint density at radius 2 is 1.90 bits per heavy atom. The third-order valence-corrected chi connectivity index (χ3v) is 3.60. The Hall–Kier alpha value is -1.55. The monoisotopic (exact) mass is 277 g/mol. The summed E-state index contributed by atoms with van der Waals surface area (Å²) in [6.45, 7) is 6.92. The summed E-state index contributed by atoms with van der Waals surface area (Å²) >= 11 is 0. The molecule has 1 saturated heterocycles. The summed E-state index contributed by atoms with van der Waals surface area (Å²) in [7, 11) is 0. The van der Waals surface area contributed by atoms with Crippen molar-refractivity contribution >= 4 is 5.91 Å². The summed E-state index contributed by atoms with van der Waals surface area (Å²) in [5, 5.41) is 10.1. The van der Waals surface area contributed by atoms with Crippen LogP contribution < -0.4 is 4.74 Å². The number of nitrogens with zero attached hydrogens (tertiary/aromatic N) is 1. The number of aryl methyl sites for hydroxylation is 2. The summed E-state index contributed by atoms with van der Waals surface area (Å²) < 4.78 is 5.54. The zero-order chi connectivity index (χ0) is 14.8. The van der Waals surface area contributed by atoms with Crippen molar-refractivity contribution in [3.05, 3.63) is 29.3 Å². The van der Waals surface area contributed by atoms with Gasteiger partial charge < -0.3 is 14.7 Å². The molecule has 0 unspecified atom stereocenters. The Balaban J connectivity index is 1.82. The van der Waals surface area contributed by atoms with Gasteiger partial charge in [-0.25, -0.2) is 0 Å². The Morgan fingerprint density at radius 1 is 1.30 bits per heavy atom. The van der Waals surface area contributed by atoms with Gasteiger partial charge in [0, 0.05) is 0 Å². The highest BCUT2D eigenvalue weighted by atomic mass is 16.5. The van der Waals surface area contributed by atoms with E-state index in [-0.39, 0.29) is 12.5 Å². The summed E-state index contributed by atoms with van der Waals surface area (Å²) in [5.41, 5.74) is 1.56. The van der Waals surface area contributed by atoms with Crippen molar-refractivity contribution in [3.8, 4) is 5.75 Å². The average molecular weight is 277 g/mol. The van der Waals surface area contributed by atoms with Crippen molar-refractivity contribution in [3.63, 3.8) is 0 Å². The minimum atomic E-state index is -0.676. The van der Waals surface area contributed by atoms with Crippen LogP contribution in [0.25, 0.3) is 0 Å². The molecule has 1 aliphatic rings. The smallest absolute Gasteiger partial charge is 0.260 e. The second kappa shape index (κ2) is 5.83. The Labute approximate surface area is 120 Å². The van der Waals surface area contributed by atoms with Crippen LogP contribution in [0.3, 0.4) is 0 Å². The third kappa shape index (κ3) is 3.51. The van der Waals surface area contributed by atoms with Gasteiger partial charge in [0.25, 0.3) is 5.91 Å². The highest BCUT2D eigenvalue weighted by Crippen LogP contribution is 2.26. The predicted molar refractivity (Wildman–Crippen MR) is 77.8 cm³/mol. The van der Waals surface area contributed by atoms with Crippen molar-refractivity contribution in [2.75, 3.05) is 19.7 Å². The lowest BCUT2D eigenvalue weighted by Gasteiger charge is -2.46. The van der Waals surface area contributed by atoms with Crippen LogP contribution in [0, 0.1) is 13.8 Å². The molecule has 1 heterocycles. The van der Waals surface area contributed by atoms with Crippen LogP contribution in [0.4, 0.5) is 0 Å². The van der Waals surface area contributed by atoms with Crippen LogP contribution >= 0.6 is 0 Å². The molecule has 0 radical (unpaired) electrons. The van der Waals surface area contributed by atoms with E-state index in [2.05, 4.69) is 6.07 Å². The van der Waals surface area contributed by atoms with Crippen molar-refractivity contribution in [2.45, 2.75) is 39.2 Å². The molecule has 1 fully saturated rings. The molecule has 0 bridgehead atoms. The molecule has 1 aromatic rings. The van der Waals surface area contributed by atoms with Gasteiger partial charge in [-0.3, -0.25) is 4.79 Å². The fraction of sp³-hybridized carbons (Fsp3) is 0.562. The van der Waals surface area contributed by atoms with Gasteiger partial charge in [-0.2, -0.15) is 0 Å². The van der Waals surface area contributed by atoms with Crippen LogP contribution in [0.5, 0.6) is 5.75 Å². The van der Waals surface area contributed by atoms with Crippen LogP contribution in [0.1, 0.15) is 30.9 Å². The largest absolute Gasteiger partial charge is 0.484 e. The number of benzene rings is 1. The lowest BCUT2D eigenvalue weighted by molar-refractivity contribution is -0.158. The Morgan fingerprint density at radius 3 is 2.45 bits per heavy atom. The van der Waals surface area contributed by atoms with E-state index >= 15 is 0 Å². The lowest BCUT2D eigenvalue weighted by Crippen LogP contribution is -2.64. The number of rotatable bonds is 5. The van der Waals surface area contributed by atoms with Crippen LogP contribution in [-0.4, -0.2) is 41.2 Å². The molecule has 4 heteroatoms. The summed E-state index contributed by atoms with van der Waals surface area (Å²) in [6, 6.07) is 5.91. The van der Waals surface area contributed by atoms with E-state index in [0.717, 1.165) is 29.7 Å². The molecule has 0 atom stereocenters. The third-order valence-electron chi connectivity index (χ3n) is 3.60. The first-order valence-corrected chi connectivity index (χ1v) is 7.13. The van der Waals surface area contributed by atoms with Crippen LogP contribution in [-0.2, 0) is 4.79 Å². The number of β-amino-alcohol motifs (C(OH)–C–C–N with tert-alkyl or cyclic N) is 1. The maximum absolute atomic E-state index is 12.0. The molecule has 1 amide bonds. The minimum absolute atomic E-state index is 0.0328. The number of carbonyl (C=O) groups is 1. The number of hydrogen-bond donors (Lipinski definition) is 1. The second-order valence-corrected chi connectivity index (χ2v) is 5.84. The summed E-state index contributed by atoms with van der Waals surface area (Å²) in [5.74, 6) is 0.658. The average Bonchev–Trinajstić information content (AvgIpc) is 2.32. The topological polar surface area (TPSA) is 49.8 Å². The number of aliphatic hydroxyl groups is 1. The molecular formula is C16H23NO3. The number of ether oxygens (including phenoxy) is 1. The van der Waals surface area contributed by atoms with Crippen LogP contribution in [0.2, 0.25) is 0 Å². The van der Waals surface area contributed by atoms with Crippen LogP contribution in [0.15, 0.2) is 18.2 Å². The quantitative estimate of drug-likeness (QED) is 0.896. The molecule has 1 N–H and O–H groups in total. The minimum Gasteiger partial charge on any atom is -0.484 e. The molecule has 1 aliphatic heterocycles. The van der Waals surface area contributed by atoms with Gasteiger partial charge in [-0.15, -0.1) is 0 Å². The molecule has 0 saturated carbocycles. The number of amides is 1. The van der Waals surface area contributed by atoms with Crippen molar-refractivity contribution < 1.29 is 14.6 Å². The van der Waals surface area contributed by atoms with Gasteiger partial charge in [0.1, 0.15) is 5.75 Å². The summed E-state index contributed by atoms with van der Waals surface area (Å²) in [4.78, 5) is 13.6. The zero-order valence-electron chi connectivity index (χ0n) is 12.5. The zero-order valence-corrected chi connectivity index (χ0v) is 12.5. The number of hydrogen-bond acceptors (Lipinski definition) is 3. The highest BCUT2D eigenvalue weighted by Gasteiger charge is 2.42. The number of likely N-dealkylation sites (tertiary alicyclic amines) is 1. The van der Waals surface area contributed by atoms with E-state index in [1.54, 1.807) is 4.90 Å². The first-order valence-electron chi connectivity index (χ1n) is 7.13. The first-order chi connectivity index (χ1) is 9.42. The van der Waals surface area contributed by atoms with Crippen molar-refractivity contribution in [2.24, 2.45) is 0 Å². The first kappa shape index (κ1) is 14.9. The van der Waals surface area contributed by atoms with Gasteiger partial charge in [0.2, 0.25) is 0 Å². The normalized spacial score (nSPS) is 16.7. The standard InChI is InChI=1S/C16H23NO3/c1-4-5-16(19)10-17(11-16)15(18)9-20-14-7-12(2)6-13(3)8-14/h6-8,19H,4-5,9-11H2,1-3H3. The van der Waals surface area contributed by atoms with Crippen molar-refractivity contribution in [1.29, 1.82) is 0 Å². The highest BCUT2D eigenvalue weighted by molar-refractivity contribution is 5.79. The van der Waals surface area contributed by atoms with E-state index in [9.17, 15) is 9.90 Å². The summed E-state index contributed by atoms with van der Waals surface area (Å²) in [6.07, 6.45) is 1.67. The molecule has 1 aromatic carbocycles. The Bertz CT molecular complexity index is 472. The van der Waals surface area contributed by atoms with Gasteiger partial charge in [-0.1, -0.05) is 19.4 Å². The maximum atomic E-state index is 12.0.